The third kappa shape index (κ3) is 5.87. The molecule has 41 heavy (non-hydrogen) atoms. The molecule has 0 bridgehead atoms. The van der Waals surface area contributed by atoms with Crippen LogP contribution in [0.3, 0.4) is 0 Å². The van der Waals surface area contributed by atoms with Gasteiger partial charge in [-0.05, 0) is 70.3 Å². The van der Waals surface area contributed by atoms with Crippen molar-refractivity contribution in [3.8, 4) is 16.9 Å². The number of carbonyl (C=O) groups excluding carboxylic acids is 1. The van der Waals surface area contributed by atoms with Gasteiger partial charge >= 0.3 is 0 Å². The Morgan fingerprint density at radius 1 is 0.732 bits per heavy atom. The van der Waals surface area contributed by atoms with E-state index in [4.69, 9.17) is 9.84 Å². The molecule has 4 nitrogen and oxygen atoms in total. The molecule has 1 aliphatic heterocycles. The highest BCUT2D eigenvalue weighted by Crippen LogP contribution is 2.37. The molecule has 4 heteroatoms. The molecule has 0 saturated heterocycles. The highest BCUT2D eigenvalue weighted by atomic mass is 16.5. The Bertz CT molecular complexity index is 1670. The van der Waals surface area contributed by atoms with Gasteiger partial charge in [0.05, 0.1) is 24.6 Å². The Morgan fingerprint density at radius 2 is 1.34 bits per heavy atom. The topological polar surface area (TPSA) is 41.9 Å². The number of methoxy groups -OCH3 is 1. The van der Waals surface area contributed by atoms with Crippen molar-refractivity contribution in [1.82, 2.24) is 0 Å². The van der Waals surface area contributed by atoms with Crippen LogP contribution in [-0.4, -0.2) is 18.6 Å². The fourth-order valence-electron chi connectivity index (χ4n) is 5.10. The lowest BCUT2D eigenvalue weighted by atomic mass is 9.98. The van der Waals surface area contributed by atoms with E-state index in [1.165, 1.54) is 5.56 Å². The van der Waals surface area contributed by atoms with Gasteiger partial charge in [0.15, 0.2) is 5.78 Å². The van der Waals surface area contributed by atoms with Crippen molar-refractivity contribution in [2.75, 3.05) is 12.1 Å². The monoisotopic (exact) mass is 534 g/mol. The van der Waals surface area contributed by atoms with Crippen molar-refractivity contribution in [2.24, 2.45) is 5.10 Å². The minimum Gasteiger partial charge on any atom is -0.497 e. The van der Waals surface area contributed by atoms with Crippen LogP contribution in [0, 0.1) is 0 Å². The molecule has 0 spiro atoms. The van der Waals surface area contributed by atoms with Crippen molar-refractivity contribution in [1.29, 1.82) is 0 Å². The van der Waals surface area contributed by atoms with Crippen LogP contribution in [0.2, 0.25) is 0 Å². The largest absolute Gasteiger partial charge is 0.497 e. The Kier molecular flexibility index (Phi) is 7.55. The SMILES string of the molecule is COc1ccc(C2=NN(c3ccc(/C=C/C(=O)c4ccc(-c5ccccc5)cc4)cc3)C(c3ccccc3)C2)cc1. The molecule has 5 aromatic rings. The Hall–Kier alpha value is -5.22. The van der Waals surface area contributed by atoms with Crippen LogP contribution in [0.1, 0.15) is 39.5 Å². The van der Waals surface area contributed by atoms with Gasteiger partial charge in [0.1, 0.15) is 5.75 Å². The van der Waals surface area contributed by atoms with Crippen LogP contribution in [0.25, 0.3) is 17.2 Å². The van der Waals surface area contributed by atoms with Gasteiger partial charge < -0.3 is 4.74 Å². The van der Waals surface area contributed by atoms with Gasteiger partial charge in [0, 0.05) is 12.0 Å². The van der Waals surface area contributed by atoms with Crippen molar-refractivity contribution in [3.05, 3.63) is 162 Å². The minimum absolute atomic E-state index is 0.0221. The van der Waals surface area contributed by atoms with E-state index >= 15 is 0 Å². The molecule has 0 radical (unpaired) electrons. The van der Waals surface area contributed by atoms with E-state index in [2.05, 4.69) is 65.7 Å². The molecule has 0 aliphatic carbocycles. The summed E-state index contributed by atoms with van der Waals surface area (Å²) in [5, 5.41) is 7.15. The number of hydrazone groups is 1. The summed E-state index contributed by atoms with van der Waals surface area (Å²) >= 11 is 0. The Labute approximate surface area is 240 Å². The molecule has 5 aromatic carbocycles. The number of hydrogen-bond donors (Lipinski definition) is 0. The Morgan fingerprint density at radius 3 is 2.00 bits per heavy atom. The Balaban J connectivity index is 1.19. The molecule has 1 aliphatic rings. The summed E-state index contributed by atoms with van der Waals surface area (Å²) < 4.78 is 5.33. The van der Waals surface area contributed by atoms with Crippen LogP contribution in [0.15, 0.2) is 145 Å². The lowest BCUT2D eigenvalue weighted by molar-refractivity contribution is 0.104. The van der Waals surface area contributed by atoms with Gasteiger partial charge in [-0.1, -0.05) is 103 Å². The highest BCUT2D eigenvalue weighted by Gasteiger charge is 2.29. The first-order valence-corrected chi connectivity index (χ1v) is 13.7. The number of benzene rings is 5. The number of ether oxygens (including phenoxy) is 1. The molecule has 0 amide bonds. The number of rotatable bonds is 8. The normalized spacial score (nSPS) is 14.7. The molecule has 200 valence electrons. The number of allylic oxidation sites excluding steroid dienone is 1. The maximum absolute atomic E-state index is 12.8. The summed E-state index contributed by atoms with van der Waals surface area (Å²) in [7, 11) is 1.67. The molecule has 1 heterocycles. The molecule has 0 fully saturated rings. The van der Waals surface area contributed by atoms with Gasteiger partial charge in [-0.3, -0.25) is 9.80 Å². The molecular weight excluding hydrogens is 504 g/mol. The molecule has 1 unspecified atom stereocenters. The van der Waals surface area contributed by atoms with E-state index in [1.807, 2.05) is 78.9 Å². The van der Waals surface area contributed by atoms with Crippen molar-refractivity contribution in [3.63, 3.8) is 0 Å². The first-order chi connectivity index (χ1) is 20.2. The van der Waals surface area contributed by atoms with Gasteiger partial charge in [-0.2, -0.15) is 5.10 Å². The molecule has 0 aromatic heterocycles. The van der Waals surface area contributed by atoms with E-state index in [0.717, 1.165) is 45.8 Å². The third-order valence-corrected chi connectivity index (χ3v) is 7.38. The second-order valence-corrected chi connectivity index (χ2v) is 9.98. The molecular formula is C37H30N2O2. The van der Waals surface area contributed by atoms with E-state index < -0.39 is 0 Å². The lowest BCUT2D eigenvalue weighted by Crippen LogP contribution is -2.18. The maximum Gasteiger partial charge on any atom is 0.185 e. The van der Waals surface area contributed by atoms with Crippen LogP contribution in [0.4, 0.5) is 5.69 Å². The van der Waals surface area contributed by atoms with E-state index in [1.54, 1.807) is 13.2 Å². The van der Waals surface area contributed by atoms with E-state index in [9.17, 15) is 4.79 Å². The maximum atomic E-state index is 12.8. The summed E-state index contributed by atoms with van der Waals surface area (Å²) in [5.74, 6) is 0.807. The average Bonchev–Trinajstić information content (AvgIpc) is 3.50. The zero-order chi connectivity index (χ0) is 28.0. The number of carbonyl (C=O) groups is 1. The predicted octanol–water partition coefficient (Wildman–Crippen LogP) is 8.61. The molecule has 6 rings (SSSR count). The van der Waals surface area contributed by atoms with Gasteiger partial charge in [-0.15, -0.1) is 0 Å². The first-order valence-electron chi connectivity index (χ1n) is 13.7. The van der Waals surface area contributed by atoms with Gasteiger partial charge in [0.2, 0.25) is 0 Å². The fourth-order valence-corrected chi connectivity index (χ4v) is 5.10. The van der Waals surface area contributed by atoms with Gasteiger partial charge in [0.25, 0.3) is 0 Å². The van der Waals surface area contributed by atoms with Crippen LogP contribution >= 0.6 is 0 Å². The quantitative estimate of drug-likeness (QED) is 0.148. The van der Waals surface area contributed by atoms with E-state index in [-0.39, 0.29) is 11.8 Å². The van der Waals surface area contributed by atoms with Crippen LogP contribution in [0.5, 0.6) is 5.75 Å². The second-order valence-electron chi connectivity index (χ2n) is 9.98. The van der Waals surface area contributed by atoms with Crippen LogP contribution in [-0.2, 0) is 0 Å². The van der Waals surface area contributed by atoms with Crippen molar-refractivity contribution < 1.29 is 9.53 Å². The summed E-state index contributed by atoms with van der Waals surface area (Å²) in [5.41, 5.74) is 8.19. The molecule has 0 N–H and O–H groups in total. The first kappa shape index (κ1) is 26.0. The fraction of sp³-hybridized carbons (Fsp3) is 0.0811. The van der Waals surface area contributed by atoms with Crippen LogP contribution < -0.4 is 9.75 Å². The van der Waals surface area contributed by atoms with Crippen molar-refractivity contribution in [2.45, 2.75) is 12.5 Å². The van der Waals surface area contributed by atoms with E-state index in [0.29, 0.717) is 5.56 Å². The zero-order valence-electron chi connectivity index (χ0n) is 22.9. The second kappa shape index (κ2) is 11.9. The number of nitrogens with zero attached hydrogens (tertiary/aromatic N) is 2. The summed E-state index contributed by atoms with van der Waals surface area (Å²) in [6.45, 7) is 0. The standard InChI is InChI=1S/C37H30N2O2/c1-41-34-23-19-30(20-24-34)35-26-36(31-10-6-3-7-11-31)39(38-35)33-21-12-27(13-22-33)14-25-37(40)32-17-15-29(16-18-32)28-8-4-2-5-9-28/h2-25,36H,26H2,1H3/b25-14+. The molecule has 1 atom stereocenters. The smallest absolute Gasteiger partial charge is 0.185 e. The summed E-state index contributed by atoms with van der Waals surface area (Å²) in [4.78, 5) is 12.8. The van der Waals surface area contributed by atoms with Crippen molar-refractivity contribution >= 4 is 23.3 Å². The summed E-state index contributed by atoms with van der Waals surface area (Å²) in [6, 6.07) is 44.7. The zero-order valence-corrected chi connectivity index (χ0v) is 22.9. The predicted molar refractivity (Wildman–Crippen MR) is 167 cm³/mol. The number of ketones is 1. The summed E-state index contributed by atoms with van der Waals surface area (Å²) in [6.07, 6.45) is 4.30. The highest BCUT2D eigenvalue weighted by molar-refractivity contribution is 6.07. The number of anilines is 1. The number of hydrogen-bond acceptors (Lipinski definition) is 4. The molecule has 0 saturated carbocycles. The third-order valence-electron chi connectivity index (χ3n) is 7.38. The minimum atomic E-state index is -0.0221. The average molecular weight is 535 g/mol. The lowest BCUT2D eigenvalue weighted by Gasteiger charge is -2.24. The van der Waals surface area contributed by atoms with Gasteiger partial charge in [-0.25, -0.2) is 0 Å².